The van der Waals surface area contributed by atoms with Gasteiger partial charge in [-0.2, -0.15) is 0 Å². The third-order valence-corrected chi connectivity index (χ3v) is 2.50. The molecule has 0 saturated heterocycles. The van der Waals surface area contributed by atoms with Crippen LogP contribution in [0.15, 0.2) is 18.2 Å². The lowest BCUT2D eigenvalue weighted by molar-refractivity contribution is -0.131. The minimum absolute atomic E-state index is 0.216. The lowest BCUT2D eigenvalue weighted by Gasteiger charge is -2.20. The summed E-state index contributed by atoms with van der Waals surface area (Å²) in [6, 6.07) is 5.92. The molecule has 1 aromatic rings. The molecule has 0 unspecified atom stereocenters. The minimum atomic E-state index is 0.216. The molecule has 1 rings (SSSR count). The average Bonchev–Trinajstić information content (AvgIpc) is 2.26. The third-order valence-electron chi connectivity index (χ3n) is 2.50. The second kappa shape index (κ2) is 6.26. The lowest BCUT2D eigenvalue weighted by Crippen LogP contribution is -2.30. The summed E-state index contributed by atoms with van der Waals surface area (Å²) >= 11 is 0. The first-order valence-electron chi connectivity index (χ1n) is 5.87. The van der Waals surface area contributed by atoms with Crippen LogP contribution in [0.25, 0.3) is 0 Å². The molecule has 1 aromatic heterocycles. The fourth-order valence-corrected chi connectivity index (χ4v) is 1.63. The van der Waals surface area contributed by atoms with Gasteiger partial charge < -0.3 is 4.90 Å². The fourth-order valence-electron chi connectivity index (χ4n) is 1.63. The zero-order chi connectivity index (χ0) is 12.0. The Morgan fingerprint density at radius 1 is 1.38 bits per heavy atom. The molecule has 3 heteroatoms. The summed E-state index contributed by atoms with van der Waals surface area (Å²) in [5.41, 5.74) is 1.96. The Labute approximate surface area is 97.5 Å². The molecule has 16 heavy (non-hydrogen) atoms. The van der Waals surface area contributed by atoms with Crippen molar-refractivity contribution >= 4 is 5.91 Å². The van der Waals surface area contributed by atoms with Crippen LogP contribution in [0.3, 0.4) is 0 Å². The van der Waals surface area contributed by atoms with E-state index in [4.69, 9.17) is 0 Å². The number of rotatable bonds is 5. The Morgan fingerprint density at radius 3 is 2.69 bits per heavy atom. The summed E-state index contributed by atoms with van der Waals surface area (Å²) in [6.07, 6.45) is 1.52. The van der Waals surface area contributed by atoms with Crippen molar-refractivity contribution in [1.82, 2.24) is 9.88 Å². The molecule has 0 saturated carbocycles. The number of amides is 1. The zero-order valence-corrected chi connectivity index (χ0v) is 10.4. The van der Waals surface area contributed by atoms with Crippen LogP contribution in [0.4, 0.5) is 0 Å². The standard InChI is InChI=1S/C13H20N2O/c1-4-7-13(16)15(5-2)10-12-9-6-8-11(3)14-12/h6,8-9H,4-5,7,10H2,1-3H3. The Kier molecular flexibility index (Phi) is 4.96. The van der Waals surface area contributed by atoms with E-state index in [9.17, 15) is 4.79 Å². The number of hydrogen-bond donors (Lipinski definition) is 0. The number of carbonyl (C=O) groups is 1. The van der Waals surface area contributed by atoms with Crippen LogP contribution >= 0.6 is 0 Å². The van der Waals surface area contributed by atoms with Crippen LogP contribution in [-0.4, -0.2) is 22.3 Å². The van der Waals surface area contributed by atoms with E-state index < -0.39 is 0 Å². The Bertz CT molecular complexity index is 350. The molecule has 0 spiro atoms. The summed E-state index contributed by atoms with van der Waals surface area (Å²) in [5.74, 6) is 0.216. The largest absolute Gasteiger partial charge is 0.337 e. The topological polar surface area (TPSA) is 33.2 Å². The van der Waals surface area contributed by atoms with E-state index in [2.05, 4.69) is 4.98 Å². The van der Waals surface area contributed by atoms with E-state index in [-0.39, 0.29) is 5.91 Å². The van der Waals surface area contributed by atoms with Gasteiger partial charge in [-0.15, -0.1) is 0 Å². The molecule has 0 aliphatic heterocycles. The van der Waals surface area contributed by atoms with E-state index in [1.165, 1.54) is 0 Å². The molecule has 0 aliphatic carbocycles. The lowest BCUT2D eigenvalue weighted by atomic mass is 10.2. The second-order valence-corrected chi connectivity index (χ2v) is 3.93. The van der Waals surface area contributed by atoms with E-state index in [1.54, 1.807) is 0 Å². The molecule has 1 heterocycles. The van der Waals surface area contributed by atoms with Gasteiger partial charge in [0.2, 0.25) is 5.91 Å². The van der Waals surface area contributed by atoms with Gasteiger partial charge in [0.1, 0.15) is 0 Å². The van der Waals surface area contributed by atoms with Crippen LogP contribution in [0.1, 0.15) is 38.1 Å². The highest BCUT2D eigenvalue weighted by molar-refractivity contribution is 5.76. The number of nitrogens with zero attached hydrogens (tertiary/aromatic N) is 2. The molecule has 88 valence electrons. The SMILES string of the molecule is CCCC(=O)N(CC)Cc1cccc(C)n1. The van der Waals surface area contributed by atoms with Crippen molar-refractivity contribution in [1.29, 1.82) is 0 Å². The van der Waals surface area contributed by atoms with Gasteiger partial charge in [-0.05, 0) is 32.4 Å². The number of pyridine rings is 1. The van der Waals surface area contributed by atoms with Gasteiger partial charge >= 0.3 is 0 Å². The maximum Gasteiger partial charge on any atom is 0.222 e. The maximum atomic E-state index is 11.8. The highest BCUT2D eigenvalue weighted by atomic mass is 16.2. The molecule has 3 nitrogen and oxygen atoms in total. The predicted octanol–water partition coefficient (Wildman–Crippen LogP) is 2.54. The first-order chi connectivity index (χ1) is 7.67. The van der Waals surface area contributed by atoms with E-state index in [1.807, 2.05) is 43.9 Å². The summed E-state index contributed by atoms with van der Waals surface area (Å²) in [4.78, 5) is 18.0. The zero-order valence-electron chi connectivity index (χ0n) is 10.4. The van der Waals surface area contributed by atoms with Crippen LogP contribution in [0, 0.1) is 6.92 Å². The molecule has 0 fully saturated rings. The van der Waals surface area contributed by atoms with Crippen LogP contribution in [0.2, 0.25) is 0 Å². The Hall–Kier alpha value is -1.38. The van der Waals surface area contributed by atoms with Crippen molar-refractivity contribution < 1.29 is 4.79 Å². The van der Waals surface area contributed by atoms with Crippen LogP contribution in [-0.2, 0) is 11.3 Å². The smallest absolute Gasteiger partial charge is 0.222 e. The van der Waals surface area contributed by atoms with E-state index in [0.717, 1.165) is 24.4 Å². The second-order valence-electron chi connectivity index (χ2n) is 3.93. The monoisotopic (exact) mass is 220 g/mol. The number of aromatic nitrogens is 1. The van der Waals surface area contributed by atoms with Gasteiger partial charge in [-0.1, -0.05) is 13.0 Å². The fraction of sp³-hybridized carbons (Fsp3) is 0.538. The third kappa shape index (κ3) is 3.65. The molecule has 0 N–H and O–H groups in total. The summed E-state index contributed by atoms with van der Waals surface area (Å²) in [7, 11) is 0. The van der Waals surface area contributed by atoms with Crippen molar-refractivity contribution in [2.24, 2.45) is 0 Å². The van der Waals surface area contributed by atoms with Crippen molar-refractivity contribution in [3.05, 3.63) is 29.6 Å². The molecule has 0 bridgehead atoms. The van der Waals surface area contributed by atoms with E-state index >= 15 is 0 Å². The normalized spacial score (nSPS) is 10.2. The first-order valence-corrected chi connectivity index (χ1v) is 5.87. The van der Waals surface area contributed by atoms with Crippen molar-refractivity contribution in [2.75, 3.05) is 6.54 Å². The van der Waals surface area contributed by atoms with Crippen molar-refractivity contribution in [2.45, 2.75) is 40.2 Å². The highest BCUT2D eigenvalue weighted by Crippen LogP contribution is 2.05. The van der Waals surface area contributed by atoms with Gasteiger partial charge in [0.15, 0.2) is 0 Å². The van der Waals surface area contributed by atoms with Gasteiger partial charge in [0, 0.05) is 18.7 Å². The molecule has 0 aromatic carbocycles. The summed E-state index contributed by atoms with van der Waals surface area (Å²) in [5, 5.41) is 0. The van der Waals surface area contributed by atoms with E-state index in [0.29, 0.717) is 13.0 Å². The number of aryl methyl sites for hydroxylation is 1. The van der Waals surface area contributed by atoms with Crippen LogP contribution < -0.4 is 0 Å². The van der Waals surface area contributed by atoms with Gasteiger partial charge in [-0.3, -0.25) is 9.78 Å². The molecule has 0 radical (unpaired) electrons. The number of hydrogen-bond acceptors (Lipinski definition) is 2. The van der Waals surface area contributed by atoms with Crippen molar-refractivity contribution in [3.63, 3.8) is 0 Å². The average molecular weight is 220 g/mol. The maximum absolute atomic E-state index is 11.8. The molecular weight excluding hydrogens is 200 g/mol. The summed E-state index contributed by atoms with van der Waals surface area (Å²) < 4.78 is 0. The summed E-state index contributed by atoms with van der Waals surface area (Å²) in [6.45, 7) is 7.36. The van der Waals surface area contributed by atoms with Gasteiger partial charge in [0.05, 0.1) is 12.2 Å². The van der Waals surface area contributed by atoms with Crippen LogP contribution in [0.5, 0.6) is 0 Å². The molecule has 1 amide bonds. The molecular formula is C13H20N2O. The van der Waals surface area contributed by atoms with Crippen molar-refractivity contribution in [3.8, 4) is 0 Å². The van der Waals surface area contributed by atoms with Gasteiger partial charge in [0.25, 0.3) is 0 Å². The Morgan fingerprint density at radius 2 is 2.12 bits per heavy atom. The quantitative estimate of drug-likeness (QED) is 0.764. The highest BCUT2D eigenvalue weighted by Gasteiger charge is 2.11. The first kappa shape index (κ1) is 12.7. The predicted molar refractivity (Wildman–Crippen MR) is 65.0 cm³/mol. The number of carbonyl (C=O) groups excluding carboxylic acids is 1. The minimum Gasteiger partial charge on any atom is -0.337 e. The van der Waals surface area contributed by atoms with Gasteiger partial charge in [-0.25, -0.2) is 0 Å². The molecule has 0 aliphatic rings. The Balaban J connectivity index is 2.66. The molecule has 0 atom stereocenters.